The number of benzene rings is 1. The summed E-state index contributed by atoms with van der Waals surface area (Å²) >= 11 is 6.06. The van der Waals surface area contributed by atoms with Crippen molar-refractivity contribution in [1.29, 1.82) is 0 Å². The minimum absolute atomic E-state index is 0.00161. The van der Waals surface area contributed by atoms with E-state index < -0.39 is 23.3 Å². The fourth-order valence-electron chi connectivity index (χ4n) is 3.57. The molecule has 2 aliphatic heterocycles. The van der Waals surface area contributed by atoms with Gasteiger partial charge in [-0.1, -0.05) is 30.0 Å². The Labute approximate surface area is 233 Å². The van der Waals surface area contributed by atoms with Crippen LogP contribution in [-0.4, -0.2) is 100 Å². The first-order valence-corrected chi connectivity index (χ1v) is 15.7. The van der Waals surface area contributed by atoms with Gasteiger partial charge in [0.05, 0.1) is 12.3 Å². The summed E-state index contributed by atoms with van der Waals surface area (Å²) in [5, 5.41) is 12.3. The minimum atomic E-state index is -1.14. The fraction of sp³-hybridized carbons (Fsp3) is 0.478. The number of carbonyl (C=O) groups is 3. The SMILES string of the molecule is CN(C)CCSCc1ccccc1SC1=C(C(=O)O)N2C(=O)[C@@H](NC(=O)CSCCN=C(N)N)[C@@H]2SC1. The van der Waals surface area contributed by atoms with Crippen LogP contribution in [0.3, 0.4) is 0 Å². The predicted octanol–water partition coefficient (Wildman–Crippen LogP) is 1.28. The van der Waals surface area contributed by atoms with Crippen LogP contribution in [0.15, 0.2) is 44.8 Å². The number of carbonyl (C=O) groups excluding carboxylic acids is 2. The van der Waals surface area contributed by atoms with Crippen molar-refractivity contribution in [1.82, 2.24) is 15.1 Å². The second-order valence-corrected chi connectivity index (χ2v) is 12.9. The molecule has 0 spiro atoms. The topological polar surface area (TPSA) is 154 Å². The highest BCUT2D eigenvalue weighted by Gasteiger charge is 2.54. The Morgan fingerprint density at radius 1 is 1.24 bits per heavy atom. The molecule has 0 radical (unpaired) electrons. The van der Waals surface area contributed by atoms with Crippen molar-refractivity contribution in [2.75, 3.05) is 50.2 Å². The van der Waals surface area contributed by atoms with Crippen molar-refractivity contribution in [2.45, 2.75) is 22.1 Å². The molecule has 2 aliphatic rings. The Balaban J connectivity index is 1.63. The number of nitrogens with two attached hydrogens (primary N) is 2. The third-order valence-electron chi connectivity index (χ3n) is 5.36. The molecule has 2 heterocycles. The van der Waals surface area contributed by atoms with Crippen LogP contribution < -0.4 is 16.8 Å². The molecule has 14 heteroatoms. The molecule has 1 fully saturated rings. The zero-order valence-electron chi connectivity index (χ0n) is 20.7. The summed E-state index contributed by atoms with van der Waals surface area (Å²) < 4.78 is 0. The molecule has 10 nitrogen and oxygen atoms in total. The average molecular weight is 585 g/mol. The van der Waals surface area contributed by atoms with Crippen molar-refractivity contribution < 1.29 is 19.5 Å². The van der Waals surface area contributed by atoms with Crippen LogP contribution >= 0.6 is 47.0 Å². The number of hydrogen-bond acceptors (Lipinski definition) is 9. The Kier molecular flexibility index (Phi) is 11.4. The quantitative estimate of drug-likeness (QED) is 0.108. The molecule has 0 aromatic heterocycles. The maximum absolute atomic E-state index is 12.9. The van der Waals surface area contributed by atoms with Crippen molar-refractivity contribution in [2.24, 2.45) is 16.5 Å². The van der Waals surface area contributed by atoms with Gasteiger partial charge in [-0.15, -0.1) is 11.8 Å². The van der Waals surface area contributed by atoms with E-state index in [9.17, 15) is 19.5 Å². The zero-order chi connectivity index (χ0) is 26.9. The molecule has 2 amide bonds. The lowest BCUT2D eigenvalue weighted by atomic mass is 10.1. The number of hydrogen-bond donors (Lipinski definition) is 4. The molecular formula is C23H32N6O4S4. The Bertz CT molecular complexity index is 1060. The van der Waals surface area contributed by atoms with Crippen LogP contribution in [-0.2, 0) is 20.1 Å². The van der Waals surface area contributed by atoms with Gasteiger partial charge in [0.15, 0.2) is 5.96 Å². The Hall–Kier alpha value is -2.00. The van der Waals surface area contributed by atoms with Crippen LogP contribution in [0.25, 0.3) is 0 Å². The largest absolute Gasteiger partial charge is 0.477 e. The first kappa shape index (κ1) is 29.6. The van der Waals surface area contributed by atoms with Crippen molar-refractivity contribution in [3.8, 4) is 0 Å². The molecule has 1 saturated heterocycles. The first-order valence-electron chi connectivity index (χ1n) is 11.5. The lowest BCUT2D eigenvalue weighted by molar-refractivity contribution is -0.150. The van der Waals surface area contributed by atoms with Gasteiger partial charge in [0.2, 0.25) is 5.91 Å². The summed E-state index contributed by atoms with van der Waals surface area (Å²) in [6, 6.07) is 7.22. The number of nitrogens with zero attached hydrogens (tertiary/aromatic N) is 3. The van der Waals surface area contributed by atoms with Crippen molar-refractivity contribution in [3.63, 3.8) is 0 Å². The first-order chi connectivity index (χ1) is 17.7. The van der Waals surface area contributed by atoms with Crippen LogP contribution in [0.4, 0.5) is 0 Å². The second-order valence-electron chi connectivity index (χ2n) is 8.46. The Morgan fingerprint density at radius 3 is 2.70 bits per heavy atom. The summed E-state index contributed by atoms with van der Waals surface area (Å²) in [4.78, 5) is 46.4. The molecule has 3 rings (SSSR count). The molecule has 0 bridgehead atoms. The average Bonchev–Trinajstić information content (AvgIpc) is 2.85. The highest BCUT2D eigenvalue weighted by Crippen LogP contribution is 2.45. The van der Waals surface area contributed by atoms with Gasteiger partial charge in [-0.3, -0.25) is 19.5 Å². The maximum atomic E-state index is 12.9. The number of carboxylic acid groups (broad SMARTS) is 1. The van der Waals surface area contributed by atoms with Crippen molar-refractivity contribution in [3.05, 3.63) is 40.4 Å². The lowest BCUT2D eigenvalue weighted by Crippen LogP contribution is -2.70. The molecule has 0 aliphatic carbocycles. The molecule has 2 atom stereocenters. The van der Waals surface area contributed by atoms with Gasteiger partial charge in [0.25, 0.3) is 5.91 Å². The van der Waals surface area contributed by atoms with Crippen LogP contribution in [0.5, 0.6) is 0 Å². The van der Waals surface area contributed by atoms with E-state index in [1.165, 1.54) is 40.2 Å². The van der Waals surface area contributed by atoms with E-state index in [0.717, 1.165) is 28.5 Å². The predicted molar refractivity (Wildman–Crippen MR) is 155 cm³/mol. The number of aliphatic imine (C=N–C) groups is 1. The van der Waals surface area contributed by atoms with Gasteiger partial charge < -0.3 is 26.8 Å². The smallest absolute Gasteiger partial charge is 0.353 e. The minimum Gasteiger partial charge on any atom is -0.477 e. The Morgan fingerprint density at radius 2 is 2.00 bits per heavy atom. The lowest BCUT2D eigenvalue weighted by Gasteiger charge is -2.49. The van der Waals surface area contributed by atoms with E-state index in [4.69, 9.17) is 11.5 Å². The molecule has 1 aromatic rings. The number of nitrogens with one attached hydrogen (secondary N) is 1. The molecule has 6 N–H and O–H groups in total. The van der Waals surface area contributed by atoms with Gasteiger partial charge in [-0.25, -0.2) is 4.79 Å². The number of aliphatic carboxylic acids is 1. The van der Waals surface area contributed by atoms with Gasteiger partial charge >= 0.3 is 5.97 Å². The highest BCUT2D eigenvalue weighted by molar-refractivity contribution is 8.06. The third kappa shape index (κ3) is 8.24. The van der Waals surface area contributed by atoms with Crippen molar-refractivity contribution >= 4 is 70.8 Å². The van der Waals surface area contributed by atoms with E-state index in [0.29, 0.717) is 23.0 Å². The van der Waals surface area contributed by atoms with Crippen LogP contribution in [0.1, 0.15) is 5.56 Å². The maximum Gasteiger partial charge on any atom is 0.353 e. The molecule has 37 heavy (non-hydrogen) atoms. The number of thioether (sulfide) groups is 4. The standard InChI is InChI=1S/C23H32N6O4S4/c1-28(2)8-10-35-11-14-5-3-4-6-15(14)37-16-12-36-21-18(20(31)29(21)19(16)22(32)33)27-17(30)13-34-9-7-26-23(24)25/h3-6,18,21H,7-13H2,1-2H3,(H,27,30)(H,32,33)(H4,24,25,26)/t18-,21+/m1/s1. The van der Waals surface area contributed by atoms with E-state index in [-0.39, 0.29) is 23.3 Å². The van der Waals surface area contributed by atoms with Gasteiger partial charge in [0, 0.05) is 39.4 Å². The van der Waals surface area contributed by atoms with Crippen LogP contribution in [0, 0.1) is 0 Å². The number of rotatable bonds is 14. The number of carboxylic acids is 1. The highest BCUT2D eigenvalue weighted by atomic mass is 32.2. The number of guanidine groups is 1. The van der Waals surface area contributed by atoms with Gasteiger partial charge in [-0.2, -0.15) is 23.5 Å². The third-order valence-corrected chi connectivity index (χ3v) is 9.95. The van der Waals surface area contributed by atoms with Crippen LogP contribution in [0.2, 0.25) is 0 Å². The summed E-state index contributed by atoms with van der Waals surface area (Å²) in [5.74, 6) is 1.17. The summed E-state index contributed by atoms with van der Waals surface area (Å²) in [5.41, 5.74) is 11.7. The summed E-state index contributed by atoms with van der Waals surface area (Å²) in [6.07, 6.45) is 0. The summed E-state index contributed by atoms with van der Waals surface area (Å²) in [7, 11) is 4.09. The zero-order valence-corrected chi connectivity index (χ0v) is 24.0. The van der Waals surface area contributed by atoms with Gasteiger partial charge in [0.1, 0.15) is 17.1 Å². The van der Waals surface area contributed by atoms with E-state index >= 15 is 0 Å². The number of amides is 2. The molecular weight excluding hydrogens is 553 g/mol. The number of β-lactam (4-membered cyclic amide) rings is 1. The molecule has 0 saturated carbocycles. The number of fused-ring (bicyclic) bond motifs is 1. The summed E-state index contributed by atoms with van der Waals surface area (Å²) in [6.45, 7) is 1.39. The monoisotopic (exact) mass is 584 g/mol. The second kappa shape index (κ2) is 14.2. The van der Waals surface area contributed by atoms with E-state index in [1.54, 1.807) is 0 Å². The molecule has 1 aromatic carbocycles. The van der Waals surface area contributed by atoms with Gasteiger partial charge in [-0.05, 0) is 25.7 Å². The normalized spacial score (nSPS) is 18.9. The van der Waals surface area contributed by atoms with E-state index in [1.807, 2.05) is 44.1 Å². The molecule has 0 unspecified atom stereocenters. The van der Waals surface area contributed by atoms with E-state index in [2.05, 4.69) is 21.3 Å². The molecule has 202 valence electrons. The fourth-order valence-corrected chi connectivity index (χ4v) is 8.01.